The Balaban J connectivity index is 1.50. The van der Waals surface area contributed by atoms with Crippen LogP contribution in [0.1, 0.15) is 39.0 Å². The van der Waals surface area contributed by atoms with Crippen molar-refractivity contribution in [3.63, 3.8) is 0 Å². The molecule has 0 N–H and O–H groups in total. The number of benzene rings is 1. The second-order valence-electron chi connectivity index (χ2n) is 7.77. The highest BCUT2D eigenvalue weighted by molar-refractivity contribution is 6.07. The molecule has 2 saturated heterocycles. The molecular weight excluding hydrogens is 354 g/mol. The maximum atomic E-state index is 13.2. The molecule has 3 aliphatic rings. The van der Waals surface area contributed by atoms with Gasteiger partial charge in [-0.05, 0) is 18.6 Å². The van der Waals surface area contributed by atoms with Crippen LogP contribution in [0, 0.1) is 0 Å². The highest BCUT2D eigenvalue weighted by Gasteiger charge is 2.54. The molecule has 7 nitrogen and oxygen atoms in total. The van der Waals surface area contributed by atoms with E-state index in [1.54, 1.807) is 11.9 Å². The molecule has 2 unspecified atom stereocenters. The minimum atomic E-state index is -0.433. The topological polar surface area (TPSA) is 59.5 Å². The number of anilines is 1. The molecule has 3 amide bonds. The maximum Gasteiger partial charge on any atom is 0.328 e. The van der Waals surface area contributed by atoms with E-state index >= 15 is 0 Å². The number of nitrogens with zero attached hydrogens (tertiary/aromatic N) is 5. The lowest BCUT2D eigenvalue weighted by atomic mass is 10.1. The first kappa shape index (κ1) is 18.8. The van der Waals surface area contributed by atoms with Crippen LogP contribution in [0.25, 0.3) is 0 Å². The second-order valence-corrected chi connectivity index (χ2v) is 7.77. The Hall–Kier alpha value is -2.57. The number of guanidine groups is 1. The molecule has 2 atom stereocenters. The average molecular weight is 383 g/mol. The van der Waals surface area contributed by atoms with Crippen molar-refractivity contribution in [2.45, 2.75) is 51.2 Å². The van der Waals surface area contributed by atoms with E-state index < -0.39 is 12.2 Å². The quantitative estimate of drug-likeness (QED) is 0.680. The number of amides is 3. The van der Waals surface area contributed by atoms with Crippen LogP contribution in [0.15, 0.2) is 35.3 Å². The van der Waals surface area contributed by atoms with Crippen molar-refractivity contribution in [3.05, 3.63) is 30.3 Å². The van der Waals surface area contributed by atoms with Crippen LogP contribution in [0.2, 0.25) is 0 Å². The summed E-state index contributed by atoms with van der Waals surface area (Å²) in [5.41, 5.74) is 1.07. The number of para-hydroxylation sites is 1. The summed E-state index contributed by atoms with van der Waals surface area (Å²) in [6.07, 6.45) is 5.02. The fourth-order valence-electron chi connectivity index (χ4n) is 4.37. The summed E-state index contributed by atoms with van der Waals surface area (Å²) in [5.74, 6) is 0.705. The van der Waals surface area contributed by atoms with E-state index in [0.29, 0.717) is 6.54 Å². The Morgan fingerprint density at radius 2 is 1.79 bits per heavy atom. The number of aliphatic imine (C=N–C) groups is 1. The molecule has 28 heavy (non-hydrogen) atoms. The van der Waals surface area contributed by atoms with E-state index in [0.717, 1.165) is 44.0 Å². The first-order chi connectivity index (χ1) is 13.6. The van der Waals surface area contributed by atoms with Crippen LogP contribution in [0.5, 0.6) is 0 Å². The zero-order chi connectivity index (χ0) is 19.7. The summed E-state index contributed by atoms with van der Waals surface area (Å²) >= 11 is 0. The van der Waals surface area contributed by atoms with Crippen LogP contribution in [0.3, 0.4) is 0 Å². The SMILES string of the molecule is CCCCCCCN1C(=O)C2C(N=C3N(c4ccccc4)CCN32)N(C)C1=O. The predicted octanol–water partition coefficient (Wildman–Crippen LogP) is 2.74. The molecule has 0 aromatic heterocycles. The van der Waals surface area contributed by atoms with Gasteiger partial charge in [-0.15, -0.1) is 0 Å². The molecule has 0 spiro atoms. The smallest absolute Gasteiger partial charge is 0.325 e. The van der Waals surface area contributed by atoms with Gasteiger partial charge in [-0.2, -0.15) is 0 Å². The molecule has 3 heterocycles. The van der Waals surface area contributed by atoms with Gasteiger partial charge in [0.05, 0.1) is 0 Å². The summed E-state index contributed by atoms with van der Waals surface area (Å²) in [7, 11) is 1.76. The van der Waals surface area contributed by atoms with Crippen molar-refractivity contribution in [1.82, 2.24) is 14.7 Å². The molecule has 4 rings (SSSR count). The fourth-order valence-corrected chi connectivity index (χ4v) is 4.37. The van der Waals surface area contributed by atoms with Gasteiger partial charge in [0.2, 0.25) is 5.96 Å². The average Bonchev–Trinajstić information content (AvgIpc) is 3.28. The fraction of sp³-hybridized carbons (Fsp3) is 0.571. The molecule has 1 aromatic carbocycles. The zero-order valence-corrected chi connectivity index (χ0v) is 16.8. The van der Waals surface area contributed by atoms with E-state index in [4.69, 9.17) is 4.99 Å². The van der Waals surface area contributed by atoms with Crippen molar-refractivity contribution < 1.29 is 9.59 Å². The molecule has 2 fully saturated rings. The van der Waals surface area contributed by atoms with Crippen molar-refractivity contribution in [2.24, 2.45) is 4.99 Å². The first-order valence-corrected chi connectivity index (χ1v) is 10.4. The van der Waals surface area contributed by atoms with Gasteiger partial charge in [-0.25, -0.2) is 9.79 Å². The molecule has 0 aliphatic carbocycles. The van der Waals surface area contributed by atoms with E-state index in [1.165, 1.54) is 17.7 Å². The summed E-state index contributed by atoms with van der Waals surface area (Å²) in [6, 6.07) is 9.46. The zero-order valence-electron chi connectivity index (χ0n) is 16.8. The lowest BCUT2D eigenvalue weighted by molar-refractivity contribution is -0.137. The van der Waals surface area contributed by atoms with Crippen LogP contribution >= 0.6 is 0 Å². The van der Waals surface area contributed by atoms with Crippen LogP contribution in [-0.2, 0) is 4.79 Å². The predicted molar refractivity (Wildman–Crippen MR) is 109 cm³/mol. The van der Waals surface area contributed by atoms with Crippen LogP contribution in [-0.4, -0.2) is 71.5 Å². The standard InChI is InChI=1S/C21H29N5O2/c1-3-4-5-6-10-13-26-19(27)17-18(23(2)21(26)28)22-20-24(14-15-25(17)20)16-11-8-7-9-12-16/h7-9,11-12,17-18H,3-6,10,13-15H2,1-2H3. The molecule has 0 saturated carbocycles. The highest BCUT2D eigenvalue weighted by Crippen LogP contribution is 2.33. The van der Waals surface area contributed by atoms with E-state index in [2.05, 4.69) is 16.7 Å². The number of hydrogen-bond donors (Lipinski definition) is 0. The Labute approximate surface area is 166 Å². The third-order valence-corrected chi connectivity index (χ3v) is 5.93. The van der Waals surface area contributed by atoms with Crippen molar-refractivity contribution in [2.75, 3.05) is 31.6 Å². The number of likely N-dealkylation sites (N-methyl/N-ethyl adjacent to an activating group) is 1. The lowest BCUT2D eigenvalue weighted by Gasteiger charge is -2.40. The lowest BCUT2D eigenvalue weighted by Crippen LogP contribution is -2.64. The van der Waals surface area contributed by atoms with Crippen LogP contribution < -0.4 is 4.90 Å². The minimum absolute atomic E-state index is 0.0998. The number of rotatable bonds is 7. The van der Waals surface area contributed by atoms with Crippen molar-refractivity contribution in [1.29, 1.82) is 0 Å². The summed E-state index contributed by atoms with van der Waals surface area (Å²) in [5, 5.41) is 0. The Morgan fingerprint density at radius 1 is 1.04 bits per heavy atom. The Morgan fingerprint density at radius 3 is 2.54 bits per heavy atom. The summed E-state index contributed by atoms with van der Waals surface area (Å²) < 4.78 is 0. The largest absolute Gasteiger partial charge is 0.328 e. The first-order valence-electron chi connectivity index (χ1n) is 10.4. The van der Waals surface area contributed by atoms with Gasteiger partial charge in [0.15, 0.2) is 12.2 Å². The monoisotopic (exact) mass is 383 g/mol. The summed E-state index contributed by atoms with van der Waals surface area (Å²) in [4.78, 5) is 38.1. The van der Waals surface area contributed by atoms with Gasteiger partial charge >= 0.3 is 6.03 Å². The Kier molecular flexibility index (Phi) is 5.24. The van der Waals surface area contributed by atoms with Gasteiger partial charge in [0, 0.05) is 32.4 Å². The van der Waals surface area contributed by atoms with Crippen molar-refractivity contribution >= 4 is 23.6 Å². The van der Waals surface area contributed by atoms with Gasteiger partial charge < -0.3 is 14.7 Å². The van der Waals surface area contributed by atoms with Gasteiger partial charge in [-0.3, -0.25) is 9.69 Å². The molecule has 150 valence electrons. The molecule has 1 aromatic rings. The molecule has 3 aliphatic heterocycles. The highest BCUT2D eigenvalue weighted by atomic mass is 16.2. The van der Waals surface area contributed by atoms with Crippen LogP contribution in [0.4, 0.5) is 10.5 Å². The third kappa shape index (κ3) is 3.12. The van der Waals surface area contributed by atoms with Gasteiger partial charge in [-0.1, -0.05) is 50.8 Å². The van der Waals surface area contributed by atoms with Gasteiger partial charge in [0.25, 0.3) is 5.91 Å². The minimum Gasteiger partial charge on any atom is -0.325 e. The van der Waals surface area contributed by atoms with E-state index in [1.807, 2.05) is 30.3 Å². The number of unbranched alkanes of at least 4 members (excludes halogenated alkanes) is 4. The second kappa shape index (κ2) is 7.81. The van der Waals surface area contributed by atoms with E-state index in [9.17, 15) is 9.59 Å². The number of imide groups is 1. The molecule has 7 heteroatoms. The molecular formula is C21H29N5O2. The number of hydrogen-bond acceptors (Lipinski definition) is 5. The van der Waals surface area contributed by atoms with Gasteiger partial charge in [0.1, 0.15) is 0 Å². The molecule has 0 bridgehead atoms. The number of urea groups is 1. The molecule has 0 radical (unpaired) electrons. The third-order valence-electron chi connectivity index (χ3n) is 5.93. The normalized spacial score (nSPS) is 24.0. The van der Waals surface area contributed by atoms with Crippen molar-refractivity contribution in [3.8, 4) is 0 Å². The number of carbonyl (C=O) groups excluding carboxylic acids is 2. The summed E-state index contributed by atoms with van der Waals surface area (Å²) in [6.45, 7) is 4.22. The Bertz CT molecular complexity index is 765. The van der Waals surface area contributed by atoms with E-state index in [-0.39, 0.29) is 11.9 Å². The maximum absolute atomic E-state index is 13.2. The number of fused-ring (bicyclic) bond motifs is 3. The number of carbonyl (C=O) groups is 2.